The molecule has 4 heteroatoms. The molecule has 1 fully saturated rings. The maximum Gasteiger partial charge on any atom is 0.194 e. The Balaban J connectivity index is 2.17. The zero-order chi connectivity index (χ0) is 17.8. The Morgan fingerprint density at radius 1 is 1.20 bits per heavy atom. The van der Waals surface area contributed by atoms with Crippen molar-refractivity contribution in [2.75, 3.05) is 5.75 Å². The number of hydrogen-bond acceptors (Lipinski definition) is 3. The summed E-state index contributed by atoms with van der Waals surface area (Å²) in [5, 5.41) is 10.5. The summed E-state index contributed by atoms with van der Waals surface area (Å²) in [5.41, 5.74) is 2.58. The standard InChI is InChI=1S/C21H23IO2S/c1-2-25-21-18(20(24)15-11-7-4-8-12-15)16(13-17(23)19(21)22)14-9-5-3-6-10-14/h4,7-8,11-14,23H,2-3,5-6,9-10H2,1H3. The molecule has 0 atom stereocenters. The van der Waals surface area contributed by atoms with E-state index in [-0.39, 0.29) is 5.78 Å². The number of rotatable bonds is 5. The van der Waals surface area contributed by atoms with Gasteiger partial charge < -0.3 is 5.11 Å². The van der Waals surface area contributed by atoms with Gasteiger partial charge in [0.05, 0.1) is 3.57 Å². The molecule has 0 spiro atoms. The molecule has 0 heterocycles. The van der Waals surface area contributed by atoms with E-state index >= 15 is 0 Å². The summed E-state index contributed by atoms with van der Waals surface area (Å²) in [6, 6.07) is 11.4. The van der Waals surface area contributed by atoms with Crippen LogP contribution in [-0.2, 0) is 0 Å². The fraction of sp³-hybridized carbons (Fsp3) is 0.381. The van der Waals surface area contributed by atoms with E-state index in [1.807, 2.05) is 36.4 Å². The number of aromatic hydroxyl groups is 1. The SMILES string of the molecule is CCSc1c(I)c(O)cc(C2CCCCC2)c1C(=O)c1ccccc1. The van der Waals surface area contributed by atoms with Crippen molar-refractivity contribution in [3.05, 3.63) is 56.7 Å². The summed E-state index contributed by atoms with van der Waals surface area (Å²) in [5.74, 6) is 1.63. The molecule has 2 nitrogen and oxygen atoms in total. The van der Waals surface area contributed by atoms with Gasteiger partial charge in [-0.2, -0.15) is 0 Å². The van der Waals surface area contributed by atoms with Crippen molar-refractivity contribution in [1.82, 2.24) is 0 Å². The van der Waals surface area contributed by atoms with Crippen LogP contribution in [0.2, 0.25) is 0 Å². The van der Waals surface area contributed by atoms with Crippen molar-refractivity contribution >= 4 is 40.1 Å². The van der Waals surface area contributed by atoms with E-state index < -0.39 is 0 Å². The van der Waals surface area contributed by atoms with E-state index in [2.05, 4.69) is 29.5 Å². The number of halogens is 1. The summed E-state index contributed by atoms with van der Waals surface area (Å²) in [7, 11) is 0. The number of hydrogen-bond donors (Lipinski definition) is 1. The minimum Gasteiger partial charge on any atom is -0.507 e. The van der Waals surface area contributed by atoms with Gasteiger partial charge in [-0.05, 0) is 58.7 Å². The third-order valence-electron chi connectivity index (χ3n) is 4.83. The first-order valence-electron chi connectivity index (χ1n) is 8.91. The van der Waals surface area contributed by atoms with Gasteiger partial charge in [0, 0.05) is 16.0 Å². The molecule has 1 aliphatic rings. The van der Waals surface area contributed by atoms with Crippen LogP contribution in [0.15, 0.2) is 41.3 Å². The lowest BCUT2D eigenvalue weighted by Gasteiger charge is -2.26. The quantitative estimate of drug-likeness (QED) is 0.315. The minimum atomic E-state index is 0.0787. The van der Waals surface area contributed by atoms with Crippen molar-refractivity contribution in [3.8, 4) is 5.75 Å². The molecular weight excluding hydrogens is 443 g/mol. The second kappa shape index (κ2) is 8.58. The smallest absolute Gasteiger partial charge is 0.194 e. The summed E-state index contributed by atoms with van der Waals surface area (Å²) in [6.07, 6.45) is 5.88. The topological polar surface area (TPSA) is 37.3 Å². The molecule has 25 heavy (non-hydrogen) atoms. The Morgan fingerprint density at radius 3 is 2.52 bits per heavy atom. The van der Waals surface area contributed by atoms with E-state index in [9.17, 15) is 9.90 Å². The van der Waals surface area contributed by atoms with Gasteiger partial charge in [-0.3, -0.25) is 4.79 Å². The highest BCUT2D eigenvalue weighted by Crippen LogP contribution is 2.43. The van der Waals surface area contributed by atoms with Gasteiger partial charge in [-0.25, -0.2) is 0 Å². The van der Waals surface area contributed by atoms with E-state index in [1.165, 1.54) is 19.3 Å². The largest absolute Gasteiger partial charge is 0.507 e. The molecule has 3 rings (SSSR count). The van der Waals surface area contributed by atoms with Crippen LogP contribution in [0.4, 0.5) is 0 Å². The van der Waals surface area contributed by atoms with Gasteiger partial charge in [-0.1, -0.05) is 56.5 Å². The predicted molar refractivity (Wildman–Crippen MR) is 113 cm³/mol. The van der Waals surface area contributed by atoms with Gasteiger partial charge in [0.1, 0.15) is 5.75 Å². The molecule has 0 unspecified atom stereocenters. The number of thioether (sulfide) groups is 1. The highest BCUT2D eigenvalue weighted by atomic mass is 127. The van der Waals surface area contributed by atoms with Crippen LogP contribution in [0.5, 0.6) is 5.75 Å². The Morgan fingerprint density at radius 2 is 1.88 bits per heavy atom. The average Bonchev–Trinajstić information content (AvgIpc) is 2.66. The van der Waals surface area contributed by atoms with Gasteiger partial charge in [0.25, 0.3) is 0 Å². The number of carbonyl (C=O) groups is 1. The minimum absolute atomic E-state index is 0.0787. The Labute approximate surface area is 167 Å². The van der Waals surface area contributed by atoms with Crippen molar-refractivity contribution in [1.29, 1.82) is 0 Å². The van der Waals surface area contributed by atoms with Crippen LogP contribution in [0.1, 0.15) is 66.4 Å². The van der Waals surface area contributed by atoms with Crippen LogP contribution in [0, 0.1) is 3.57 Å². The molecule has 0 radical (unpaired) electrons. The first-order valence-corrected chi connectivity index (χ1v) is 11.0. The monoisotopic (exact) mass is 466 g/mol. The summed E-state index contributed by atoms with van der Waals surface area (Å²) < 4.78 is 0.795. The van der Waals surface area contributed by atoms with Gasteiger partial charge >= 0.3 is 0 Å². The second-order valence-corrected chi connectivity index (χ2v) is 8.82. The van der Waals surface area contributed by atoms with E-state index in [0.717, 1.165) is 43.8 Å². The van der Waals surface area contributed by atoms with Crippen molar-refractivity contribution in [2.24, 2.45) is 0 Å². The van der Waals surface area contributed by atoms with E-state index in [0.29, 0.717) is 11.7 Å². The fourth-order valence-electron chi connectivity index (χ4n) is 3.62. The maximum atomic E-state index is 13.4. The molecule has 0 aliphatic heterocycles. The molecule has 2 aromatic carbocycles. The maximum absolute atomic E-state index is 13.4. The summed E-state index contributed by atoms with van der Waals surface area (Å²) >= 11 is 3.83. The number of benzene rings is 2. The Hall–Kier alpha value is -1.01. The van der Waals surface area contributed by atoms with Crippen LogP contribution in [0.25, 0.3) is 0 Å². The Bertz CT molecular complexity index is 752. The molecule has 1 saturated carbocycles. The van der Waals surface area contributed by atoms with Crippen LogP contribution in [0.3, 0.4) is 0 Å². The summed E-state index contributed by atoms with van der Waals surface area (Å²) in [6.45, 7) is 2.09. The first kappa shape index (κ1) is 18.8. The number of carbonyl (C=O) groups excluding carboxylic acids is 1. The molecule has 0 amide bonds. The molecular formula is C21H23IO2S. The lowest BCUT2D eigenvalue weighted by Crippen LogP contribution is -2.14. The van der Waals surface area contributed by atoms with Crippen LogP contribution < -0.4 is 0 Å². The zero-order valence-electron chi connectivity index (χ0n) is 14.4. The predicted octanol–water partition coefficient (Wildman–Crippen LogP) is 6.39. The third kappa shape index (κ3) is 4.05. The highest BCUT2D eigenvalue weighted by molar-refractivity contribution is 14.1. The molecule has 1 N–H and O–H groups in total. The number of phenols is 1. The van der Waals surface area contributed by atoms with Crippen molar-refractivity contribution in [3.63, 3.8) is 0 Å². The second-order valence-electron chi connectivity index (χ2n) is 6.47. The van der Waals surface area contributed by atoms with Crippen molar-refractivity contribution in [2.45, 2.75) is 49.8 Å². The molecule has 0 bridgehead atoms. The number of ketones is 1. The van der Waals surface area contributed by atoms with Crippen LogP contribution in [-0.4, -0.2) is 16.6 Å². The van der Waals surface area contributed by atoms with Crippen LogP contribution >= 0.6 is 34.4 Å². The average molecular weight is 466 g/mol. The third-order valence-corrected chi connectivity index (χ3v) is 7.27. The van der Waals surface area contributed by atoms with Crippen molar-refractivity contribution < 1.29 is 9.90 Å². The normalized spacial score (nSPS) is 15.3. The lowest BCUT2D eigenvalue weighted by molar-refractivity contribution is 0.103. The lowest BCUT2D eigenvalue weighted by atomic mass is 9.80. The molecule has 0 aromatic heterocycles. The Kier molecular flexibility index (Phi) is 6.44. The van der Waals surface area contributed by atoms with Gasteiger partial charge in [-0.15, -0.1) is 11.8 Å². The molecule has 132 valence electrons. The van der Waals surface area contributed by atoms with Gasteiger partial charge in [0.15, 0.2) is 5.78 Å². The van der Waals surface area contributed by atoms with Gasteiger partial charge in [0.2, 0.25) is 0 Å². The molecule has 0 saturated heterocycles. The molecule has 2 aromatic rings. The van der Waals surface area contributed by atoms with E-state index in [4.69, 9.17) is 0 Å². The number of phenolic OH excluding ortho intramolecular Hbond substituents is 1. The highest BCUT2D eigenvalue weighted by Gasteiger charge is 2.27. The zero-order valence-corrected chi connectivity index (χ0v) is 17.4. The van der Waals surface area contributed by atoms with E-state index in [1.54, 1.807) is 11.8 Å². The molecule has 1 aliphatic carbocycles. The summed E-state index contributed by atoms with van der Waals surface area (Å²) in [4.78, 5) is 14.3. The fourth-order valence-corrected chi connectivity index (χ4v) is 5.39. The first-order chi connectivity index (χ1) is 12.1.